The summed E-state index contributed by atoms with van der Waals surface area (Å²) in [6, 6.07) is 3.62. The van der Waals surface area contributed by atoms with Crippen LogP contribution in [0.25, 0.3) is 0 Å². The van der Waals surface area contributed by atoms with E-state index in [0.29, 0.717) is 12.1 Å². The third-order valence-electron chi connectivity index (χ3n) is 2.17. The van der Waals surface area contributed by atoms with Gasteiger partial charge in [-0.3, -0.25) is 9.78 Å². The van der Waals surface area contributed by atoms with Crippen LogP contribution in [0, 0.1) is 13.8 Å². The van der Waals surface area contributed by atoms with Crippen molar-refractivity contribution in [2.45, 2.75) is 33.2 Å². The Labute approximate surface area is 96.3 Å². The van der Waals surface area contributed by atoms with Crippen LogP contribution in [0.3, 0.4) is 0 Å². The molecule has 3 N–H and O–H groups in total. The molecule has 0 fully saturated rings. The number of carbonyl (C=O) groups is 1. The monoisotopic (exact) mass is 221 g/mol. The Bertz CT molecular complexity index is 394. The lowest BCUT2D eigenvalue weighted by Crippen LogP contribution is -2.45. The number of nitrogens with zero attached hydrogens (tertiary/aromatic N) is 1. The Kier molecular flexibility index (Phi) is 3.65. The van der Waals surface area contributed by atoms with Gasteiger partial charge in [0.1, 0.15) is 0 Å². The summed E-state index contributed by atoms with van der Waals surface area (Å²) in [5.74, 6) is -0.122. The van der Waals surface area contributed by atoms with Gasteiger partial charge in [-0.2, -0.15) is 0 Å². The van der Waals surface area contributed by atoms with Crippen LogP contribution in [0.1, 0.15) is 35.6 Å². The molecule has 1 aromatic rings. The number of nitrogens with two attached hydrogens (primary N) is 1. The quantitative estimate of drug-likeness (QED) is 0.805. The summed E-state index contributed by atoms with van der Waals surface area (Å²) in [5, 5.41) is 2.80. The molecule has 0 saturated carbocycles. The van der Waals surface area contributed by atoms with Crippen LogP contribution in [0.5, 0.6) is 0 Å². The molecular weight excluding hydrogens is 202 g/mol. The smallest absolute Gasteiger partial charge is 0.253 e. The fraction of sp³-hybridized carbons (Fsp3) is 0.500. The number of aromatic nitrogens is 1. The zero-order valence-corrected chi connectivity index (χ0v) is 10.3. The molecule has 0 spiro atoms. The summed E-state index contributed by atoms with van der Waals surface area (Å²) >= 11 is 0. The third kappa shape index (κ3) is 3.62. The van der Waals surface area contributed by atoms with E-state index in [0.717, 1.165) is 11.4 Å². The van der Waals surface area contributed by atoms with Crippen LogP contribution >= 0.6 is 0 Å². The predicted molar refractivity (Wildman–Crippen MR) is 64.3 cm³/mol. The molecule has 0 aromatic carbocycles. The Morgan fingerprint density at radius 3 is 2.56 bits per heavy atom. The molecule has 0 bridgehead atoms. The van der Waals surface area contributed by atoms with Crippen LogP contribution in [0.15, 0.2) is 12.1 Å². The minimum absolute atomic E-state index is 0.122. The zero-order chi connectivity index (χ0) is 12.3. The number of hydrogen-bond donors (Lipinski definition) is 2. The van der Waals surface area contributed by atoms with Crippen LogP contribution < -0.4 is 11.1 Å². The Morgan fingerprint density at radius 1 is 1.44 bits per heavy atom. The second kappa shape index (κ2) is 4.61. The SMILES string of the molecule is Cc1ccc(C(=O)NCC(C)(C)N)c(C)n1. The highest BCUT2D eigenvalue weighted by molar-refractivity contribution is 5.95. The topological polar surface area (TPSA) is 68.0 Å². The number of nitrogens with one attached hydrogen (secondary N) is 1. The third-order valence-corrected chi connectivity index (χ3v) is 2.17. The molecule has 4 heteroatoms. The van der Waals surface area contributed by atoms with E-state index in [1.165, 1.54) is 0 Å². The summed E-state index contributed by atoms with van der Waals surface area (Å²) in [6.07, 6.45) is 0. The van der Waals surface area contributed by atoms with Crippen molar-refractivity contribution >= 4 is 5.91 Å². The fourth-order valence-corrected chi connectivity index (χ4v) is 1.33. The number of carbonyl (C=O) groups excluding carboxylic acids is 1. The van der Waals surface area contributed by atoms with E-state index in [1.807, 2.05) is 33.8 Å². The molecule has 1 rings (SSSR count). The van der Waals surface area contributed by atoms with E-state index in [-0.39, 0.29) is 5.91 Å². The molecule has 0 aliphatic carbocycles. The minimum atomic E-state index is -0.401. The van der Waals surface area contributed by atoms with E-state index >= 15 is 0 Å². The largest absolute Gasteiger partial charge is 0.350 e. The summed E-state index contributed by atoms with van der Waals surface area (Å²) in [7, 11) is 0. The van der Waals surface area contributed by atoms with Crippen LogP contribution in [0.4, 0.5) is 0 Å². The Hall–Kier alpha value is -1.42. The normalized spacial score (nSPS) is 11.3. The fourth-order valence-electron chi connectivity index (χ4n) is 1.33. The summed E-state index contributed by atoms with van der Waals surface area (Å²) < 4.78 is 0. The van der Waals surface area contributed by atoms with E-state index < -0.39 is 5.54 Å². The number of aryl methyl sites for hydroxylation is 2. The van der Waals surface area contributed by atoms with Gasteiger partial charge in [-0.25, -0.2) is 0 Å². The van der Waals surface area contributed by atoms with Crippen molar-refractivity contribution in [2.24, 2.45) is 5.73 Å². The molecule has 1 heterocycles. The van der Waals surface area contributed by atoms with Crippen molar-refractivity contribution < 1.29 is 4.79 Å². The van der Waals surface area contributed by atoms with Gasteiger partial charge >= 0.3 is 0 Å². The first-order chi connectivity index (χ1) is 7.29. The van der Waals surface area contributed by atoms with E-state index in [9.17, 15) is 4.79 Å². The highest BCUT2D eigenvalue weighted by Crippen LogP contribution is 2.06. The van der Waals surface area contributed by atoms with Gasteiger partial charge in [0.2, 0.25) is 0 Å². The molecule has 0 atom stereocenters. The van der Waals surface area contributed by atoms with Crippen molar-refractivity contribution in [3.05, 3.63) is 29.1 Å². The second-order valence-corrected chi connectivity index (χ2v) is 4.76. The highest BCUT2D eigenvalue weighted by atomic mass is 16.1. The van der Waals surface area contributed by atoms with Crippen molar-refractivity contribution in [3.63, 3.8) is 0 Å². The van der Waals surface area contributed by atoms with Gasteiger partial charge in [-0.15, -0.1) is 0 Å². The lowest BCUT2D eigenvalue weighted by atomic mass is 10.1. The minimum Gasteiger partial charge on any atom is -0.350 e. The van der Waals surface area contributed by atoms with Crippen molar-refractivity contribution in [1.29, 1.82) is 0 Å². The lowest BCUT2D eigenvalue weighted by Gasteiger charge is -2.19. The first-order valence-corrected chi connectivity index (χ1v) is 5.31. The van der Waals surface area contributed by atoms with Gasteiger partial charge in [0, 0.05) is 17.8 Å². The Balaban J connectivity index is 2.74. The van der Waals surface area contributed by atoms with Gasteiger partial charge in [-0.1, -0.05) is 0 Å². The summed E-state index contributed by atoms with van der Waals surface area (Å²) in [5.41, 5.74) is 7.65. The molecule has 88 valence electrons. The highest BCUT2D eigenvalue weighted by Gasteiger charge is 2.14. The molecule has 16 heavy (non-hydrogen) atoms. The molecule has 0 saturated heterocycles. The zero-order valence-electron chi connectivity index (χ0n) is 10.3. The van der Waals surface area contributed by atoms with E-state index in [2.05, 4.69) is 10.3 Å². The number of hydrogen-bond acceptors (Lipinski definition) is 3. The van der Waals surface area contributed by atoms with Gasteiger partial charge in [-0.05, 0) is 39.8 Å². The number of pyridine rings is 1. The average Bonchev–Trinajstić information content (AvgIpc) is 2.13. The van der Waals surface area contributed by atoms with Gasteiger partial charge in [0.25, 0.3) is 5.91 Å². The molecule has 0 aliphatic heterocycles. The molecule has 0 aliphatic rings. The maximum atomic E-state index is 11.8. The van der Waals surface area contributed by atoms with Gasteiger partial charge < -0.3 is 11.1 Å². The number of amides is 1. The predicted octanol–water partition coefficient (Wildman–Crippen LogP) is 1.17. The standard InChI is InChI=1S/C12H19N3O/c1-8-5-6-10(9(2)15-8)11(16)14-7-12(3,4)13/h5-6H,7,13H2,1-4H3,(H,14,16). The first-order valence-electron chi connectivity index (χ1n) is 5.31. The van der Waals surface area contributed by atoms with Gasteiger partial charge in [0.05, 0.1) is 11.3 Å². The lowest BCUT2D eigenvalue weighted by molar-refractivity contribution is 0.0945. The van der Waals surface area contributed by atoms with Crippen molar-refractivity contribution in [3.8, 4) is 0 Å². The first kappa shape index (κ1) is 12.6. The van der Waals surface area contributed by atoms with Crippen molar-refractivity contribution in [1.82, 2.24) is 10.3 Å². The molecule has 1 amide bonds. The number of rotatable bonds is 3. The molecule has 1 aromatic heterocycles. The van der Waals surface area contributed by atoms with Crippen LogP contribution in [-0.2, 0) is 0 Å². The molecule has 0 radical (unpaired) electrons. The van der Waals surface area contributed by atoms with E-state index in [4.69, 9.17) is 5.73 Å². The van der Waals surface area contributed by atoms with Crippen LogP contribution in [-0.4, -0.2) is 23.0 Å². The van der Waals surface area contributed by atoms with Crippen molar-refractivity contribution in [2.75, 3.05) is 6.54 Å². The van der Waals surface area contributed by atoms with Crippen LogP contribution in [0.2, 0.25) is 0 Å². The average molecular weight is 221 g/mol. The van der Waals surface area contributed by atoms with E-state index in [1.54, 1.807) is 6.07 Å². The molecular formula is C12H19N3O. The summed E-state index contributed by atoms with van der Waals surface area (Å²) in [4.78, 5) is 16.1. The summed E-state index contributed by atoms with van der Waals surface area (Å²) in [6.45, 7) is 7.91. The maximum Gasteiger partial charge on any atom is 0.253 e. The molecule has 0 unspecified atom stereocenters. The second-order valence-electron chi connectivity index (χ2n) is 4.76. The Morgan fingerprint density at radius 2 is 2.06 bits per heavy atom. The maximum absolute atomic E-state index is 11.8. The van der Waals surface area contributed by atoms with Gasteiger partial charge in [0.15, 0.2) is 0 Å². The molecule has 4 nitrogen and oxygen atoms in total.